The molecule has 5 atom stereocenters. The molecule has 21 heavy (non-hydrogen) atoms. The van der Waals surface area contributed by atoms with Crippen LogP contribution in [0.4, 0.5) is 0 Å². The van der Waals surface area contributed by atoms with Crippen LogP contribution in [-0.4, -0.2) is 14.2 Å². The second kappa shape index (κ2) is 5.06. The molecule has 0 aromatic heterocycles. The highest BCUT2D eigenvalue weighted by atomic mass is 79.9. The largest absolute Gasteiger partial charge is 0.493 e. The Labute approximate surface area is 139 Å². The monoisotopic (exact) mass is 370 g/mol. The number of hydrogen-bond acceptors (Lipinski definition) is 2. The minimum absolute atomic E-state index is 0.336. The molecule has 0 saturated heterocycles. The zero-order valence-electron chi connectivity index (χ0n) is 12.3. The van der Waals surface area contributed by atoms with Gasteiger partial charge in [0.15, 0.2) is 11.5 Å². The van der Waals surface area contributed by atoms with Crippen LogP contribution in [-0.2, 0) is 0 Å². The number of alkyl halides is 1. The molecule has 1 aromatic carbocycles. The van der Waals surface area contributed by atoms with Crippen LogP contribution < -0.4 is 9.47 Å². The van der Waals surface area contributed by atoms with E-state index in [-0.39, 0.29) is 0 Å². The molecule has 0 spiro atoms. The molecule has 1 aromatic rings. The molecular formula is C17H20BrClO2. The highest BCUT2D eigenvalue weighted by Crippen LogP contribution is 2.73. The maximum atomic E-state index is 6.48. The van der Waals surface area contributed by atoms with Crippen molar-refractivity contribution in [2.24, 2.45) is 29.6 Å². The number of hydrogen-bond donors (Lipinski definition) is 0. The molecule has 3 saturated carbocycles. The maximum Gasteiger partial charge on any atom is 0.162 e. The van der Waals surface area contributed by atoms with Crippen molar-refractivity contribution in [1.82, 2.24) is 0 Å². The van der Waals surface area contributed by atoms with Crippen molar-refractivity contribution in [2.75, 3.05) is 14.2 Å². The summed E-state index contributed by atoms with van der Waals surface area (Å²) in [6.07, 6.45) is 4.37. The molecular weight excluding hydrogens is 352 g/mol. The molecule has 3 fully saturated rings. The Balaban J connectivity index is 1.62. The maximum absolute atomic E-state index is 6.48. The zero-order chi connectivity index (χ0) is 14.7. The van der Waals surface area contributed by atoms with E-state index in [1.54, 1.807) is 14.2 Å². The van der Waals surface area contributed by atoms with E-state index in [0.29, 0.717) is 10.6 Å². The van der Waals surface area contributed by atoms with Crippen molar-refractivity contribution in [3.05, 3.63) is 22.7 Å². The standard InChI is InChI=1S/C17H20BrClO2/c1-20-12-6-10(11(19)7-13(12)21-2)17(18)16-14-8-3-4-9(5-8)15(14)16/h6-9,14-17H,3-5H2,1-2H3. The number of fused-ring (bicyclic) bond motifs is 5. The van der Waals surface area contributed by atoms with Crippen LogP contribution in [0.15, 0.2) is 12.1 Å². The second-order valence-corrected chi connectivity index (χ2v) is 8.09. The van der Waals surface area contributed by atoms with Gasteiger partial charge in [-0.25, -0.2) is 0 Å². The van der Waals surface area contributed by atoms with Crippen LogP contribution in [0.5, 0.6) is 11.5 Å². The molecule has 2 bridgehead atoms. The van der Waals surface area contributed by atoms with E-state index in [4.69, 9.17) is 21.1 Å². The first-order valence-corrected chi connectivity index (χ1v) is 9.00. The second-order valence-electron chi connectivity index (χ2n) is 6.70. The van der Waals surface area contributed by atoms with Gasteiger partial charge in [-0.15, -0.1) is 0 Å². The Morgan fingerprint density at radius 2 is 1.67 bits per heavy atom. The molecule has 0 radical (unpaired) electrons. The van der Waals surface area contributed by atoms with E-state index >= 15 is 0 Å². The third kappa shape index (κ3) is 2.03. The minimum atomic E-state index is 0.336. The highest BCUT2D eigenvalue weighted by Gasteiger charge is 2.66. The van der Waals surface area contributed by atoms with Crippen molar-refractivity contribution < 1.29 is 9.47 Å². The smallest absolute Gasteiger partial charge is 0.162 e. The summed E-state index contributed by atoms with van der Waals surface area (Å²) in [6.45, 7) is 0. The molecule has 0 aliphatic heterocycles. The molecule has 4 heteroatoms. The average Bonchev–Trinajstić information content (AvgIpc) is 2.93. The molecule has 3 aliphatic rings. The Kier molecular flexibility index (Phi) is 3.42. The van der Waals surface area contributed by atoms with Gasteiger partial charge in [-0.3, -0.25) is 0 Å². The normalized spacial score (nSPS) is 37.2. The molecule has 5 unspecified atom stereocenters. The Hall–Kier alpha value is -0.410. The van der Waals surface area contributed by atoms with Gasteiger partial charge in [0.1, 0.15) is 0 Å². The number of rotatable bonds is 4. The number of methoxy groups -OCH3 is 2. The lowest BCUT2D eigenvalue weighted by atomic mass is 9.97. The van der Waals surface area contributed by atoms with Crippen LogP contribution in [0, 0.1) is 29.6 Å². The molecule has 114 valence electrons. The number of ether oxygens (including phenoxy) is 2. The Morgan fingerprint density at radius 3 is 2.24 bits per heavy atom. The van der Waals surface area contributed by atoms with Gasteiger partial charge in [-0.1, -0.05) is 27.5 Å². The lowest BCUT2D eigenvalue weighted by Gasteiger charge is -2.18. The van der Waals surface area contributed by atoms with E-state index < -0.39 is 0 Å². The summed E-state index contributed by atoms with van der Waals surface area (Å²) in [5.74, 6) is 6.02. The van der Waals surface area contributed by atoms with Gasteiger partial charge in [0.05, 0.1) is 14.2 Å². The molecule has 0 heterocycles. The van der Waals surface area contributed by atoms with E-state index in [1.807, 2.05) is 12.1 Å². The van der Waals surface area contributed by atoms with Crippen molar-refractivity contribution in [2.45, 2.75) is 24.1 Å². The van der Waals surface area contributed by atoms with Gasteiger partial charge in [0.2, 0.25) is 0 Å². The summed E-state index contributed by atoms with van der Waals surface area (Å²) in [4.78, 5) is 0.336. The fourth-order valence-electron chi connectivity index (χ4n) is 5.07. The molecule has 0 N–H and O–H groups in total. The minimum Gasteiger partial charge on any atom is -0.493 e. The summed E-state index contributed by atoms with van der Waals surface area (Å²) < 4.78 is 10.7. The third-order valence-corrected chi connectivity index (χ3v) is 7.36. The van der Waals surface area contributed by atoms with Gasteiger partial charge in [0.25, 0.3) is 0 Å². The first-order chi connectivity index (χ1) is 10.2. The molecule has 4 rings (SSSR count). The Morgan fingerprint density at radius 1 is 1.10 bits per heavy atom. The lowest BCUT2D eigenvalue weighted by molar-refractivity contribution is 0.354. The number of benzene rings is 1. The van der Waals surface area contributed by atoms with Crippen molar-refractivity contribution >= 4 is 27.5 Å². The number of halogens is 2. The van der Waals surface area contributed by atoms with Crippen LogP contribution in [0.2, 0.25) is 5.02 Å². The summed E-state index contributed by atoms with van der Waals surface area (Å²) >= 11 is 10.4. The zero-order valence-corrected chi connectivity index (χ0v) is 14.7. The van der Waals surface area contributed by atoms with Gasteiger partial charge < -0.3 is 9.47 Å². The van der Waals surface area contributed by atoms with E-state index in [2.05, 4.69) is 15.9 Å². The fourth-order valence-corrected chi connectivity index (χ4v) is 6.56. The predicted octanol–water partition coefficient (Wildman–Crippen LogP) is 5.09. The van der Waals surface area contributed by atoms with Gasteiger partial charge >= 0.3 is 0 Å². The highest BCUT2D eigenvalue weighted by molar-refractivity contribution is 9.09. The summed E-state index contributed by atoms with van der Waals surface area (Å²) in [5, 5.41) is 0.770. The van der Waals surface area contributed by atoms with Crippen LogP contribution >= 0.6 is 27.5 Å². The first kappa shape index (κ1) is 14.2. The quantitative estimate of drug-likeness (QED) is 0.687. The fraction of sp³-hybridized carbons (Fsp3) is 0.647. The first-order valence-electron chi connectivity index (χ1n) is 7.71. The Bertz CT molecular complexity index is 560. The summed E-state index contributed by atoms with van der Waals surface area (Å²) in [6, 6.07) is 3.91. The molecule has 2 nitrogen and oxygen atoms in total. The third-order valence-electron chi connectivity index (χ3n) is 5.93. The van der Waals surface area contributed by atoms with Crippen molar-refractivity contribution in [3.63, 3.8) is 0 Å². The van der Waals surface area contributed by atoms with Gasteiger partial charge in [-0.05, 0) is 60.5 Å². The molecule has 0 amide bonds. The van der Waals surface area contributed by atoms with Crippen molar-refractivity contribution in [1.29, 1.82) is 0 Å². The van der Waals surface area contributed by atoms with Crippen LogP contribution in [0.1, 0.15) is 29.7 Å². The van der Waals surface area contributed by atoms with E-state index in [9.17, 15) is 0 Å². The van der Waals surface area contributed by atoms with Gasteiger partial charge in [0, 0.05) is 15.9 Å². The van der Waals surface area contributed by atoms with Crippen LogP contribution in [0.3, 0.4) is 0 Å². The lowest BCUT2D eigenvalue weighted by Crippen LogP contribution is -2.05. The SMILES string of the molecule is COc1cc(Cl)c(C(Br)C2C3C4CCC(C4)C32)cc1OC. The van der Waals surface area contributed by atoms with Crippen molar-refractivity contribution in [3.8, 4) is 11.5 Å². The summed E-state index contributed by atoms with van der Waals surface area (Å²) in [5.41, 5.74) is 1.15. The predicted molar refractivity (Wildman–Crippen MR) is 87.5 cm³/mol. The van der Waals surface area contributed by atoms with Gasteiger partial charge in [-0.2, -0.15) is 0 Å². The molecule has 3 aliphatic carbocycles. The topological polar surface area (TPSA) is 18.5 Å². The van der Waals surface area contributed by atoms with Crippen LogP contribution in [0.25, 0.3) is 0 Å². The van der Waals surface area contributed by atoms with E-state index in [0.717, 1.165) is 45.9 Å². The van der Waals surface area contributed by atoms with E-state index in [1.165, 1.54) is 19.3 Å². The average molecular weight is 372 g/mol. The summed E-state index contributed by atoms with van der Waals surface area (Å²) in [7, 11) is 3.31.